The van der Waals surface area contributed by atoms with Crippen molar-refractivity contribution in [1.29, 1.82) is 0 Å². The lowest BCUT2D eigenvalue weighted by atomic mass is 9.80. The Morgan fingerprint density at radius 2 is 1.80 bits per heavy atom. The number of amides is 2. The fraction of sp³-hybridized carbons (Fsp3) is 0.714. The molecule has 2 aromatic rings. The quantitative estimate of drug-likeness (QED) is 0.539. The number of aryl methyl sites for hydroxylation is 1. The van der Waals surface area contributed by atoms with Gasteiger partial charge in [0.05, 0.1) is 23.9 Å². The van der Waals surface area contributed by atoms with Gasteiger partial charge in [0.15, 0.2) is 5.65 Å². The Balaban J connectivity index is 1.54. The van der Waals surface area contributed by atoms with E-state index in [1.807, 2.05) is 19.9 Å². The van der Waals surface area contributed by atoms with E-state index in [-0.39, 0.29) is 30.6 Å². The summed E-state index contributed by atoms with van der Waals surface area (Å²) in [5.74, 6) is -1.77. The van der Waals surface area contributed by atoms with Crippen LogP contribution in [0.2, 0.25) is 0 Å². The normalized spacial score (nSPS) is 23.2. The minimum atomic E-state index is -4.16. The summed E-state index contributed by atoms with van der Waals surface area (Å²) < 4.78 is 46.6. The second-order valence-electron chi connectivity index (χ2n) is 12.1. The highest BCUT2D eigenvalue weighted by atomic mass is 19.4. The molecule has 9 nitrogen and oxygen atoms in total. The third-order valence-electron chi connectivity index (χ3n) is 8.05. The van der Waals surface area contributed by atoms with Gasteiger partial charge in [-0.15, -0.1) is 0 Å². The summed E-state index contributed by atoms with van der Waals surface area (Å²) >= 11 is 0. The highest BCUT2D eigenvalue weighted by Gasteiger charge is 2.42. The average Bonchev–Trinajstić information content (AvgIpc) is 3.29. The minimum absolute atomic E-state index is 0.0533. The number of nitrogens with one attached hydrogen (secondary N) is 1. The monoisotopic (exact) mass is 567 g/mol. The van der Waals surface area contributed by atoms with Gasteiger partial charge >= 0.3 is 12.3 Å². The Morgan fingerprint density at radius 1 is 1.12 bits per heavy atom. The van der Waals surface area contributed by atoms with Crippen LogP contribution in [0.15, 0.2) is 6.07 Å². The standard InChI is InChI=1S/C28H40F3N5O4/c1-16-17(2)32-23-13-21(18-8-10-20(11-9-18)28(29,30)31)34-36(23)24(16)19-7-6-12-35(14-19)25(38)22(15-37)33-26(39)40-27(3,4)5/h13,18-20,22,37H,6-12,14-15H2,1-5H3,(H,33,39)/t18?,19-,20?,22+/m1/s1. The van der Waals surface area contributed by atoms with Crippen LogP contribution in [0.1, 0.15) is 93.8 Å². The molecule has 0 radical (unpaired) electrons. The van der Waals surface area contributed by atoms with Crippen LogP contribution in [0.5, 0.6) is 0 Å². The Hall–Kier alpha value is -2.89. The molecule has 2 fully saturated rings. The van der Waals surface area contributed by atoms with E-state index in [9.17, 15) is 27.9 Å². The number of hydrogen-bond donors (Lipinski definition) is 2. The summed E-state index contributed by atoms with van der Waals surface area (Å²) in [6.07, 6.45) is -2.34. The Kier molecular flexibility index (Phi) is 8.68. The fourth-order valence-electron chi connectivity index (χ4n) is 5.90. The average molecular weight is 568 g/mol. The van der Waals surface area contributed by atoms with Gasteiger partial charge in [-0.25, -0.2) is 14.3 Å². The zero-order valence-electron chi connectivity index (χ0n) is 23.8. The van der Waals surface area contributed by atoms with Crippen LogP contribution in [0.3, 0.4) is 0 Å². The van der Waals surface area contributed by atoms with E-state index in [2.05, 4.69) is 5.32 Å². The number of fused-ring (bicyclic) bond motifs is 1. The van der Waals surface area contributed by atoms with Crippen LogP contribution < -0.4 is 5.32 Å². The summed E-state index contributed by atoms with van der Waals surface area (Å²) in [6.45, 7) is 9.32. The van der Waals surface area contributed by atoms with E-state index < -0.39 is 36.4 Å². The molecular weight excluding hydrogens is 527 g/mol. The smallest absolute Gasteiger partial charge is 0.408 e. The van der Waals surface area contributed by atoms with Gasteiger partial charge in [0.25, 0.3) is 0 Å². The number of aliphatic hydroxyl groups excluding tert-OH is 1. The number of aromatic nitrogens is 3. The van der Waals surface area contributed by atoms with E-state index in [0.717, 1.165) is 35.5 Å². The Bertz CT molecular complexity index is 1230. The number of alkyl carbamates (subject to hydrolysis) is 1. The Labute approximate surface area is 232 Å². The molecule has 0 unspecified atom stereocenters. The van der Waals surface area contributed by atoms with Gasteiger partial charge in [0.1, 0.15) is 11.6 Å². The van der Waals surface area contributed by atoms with Crippen LogP contribution in [0.4, 0.5) is 18.0 Å². The molecule has 1 aliphatic carbocycles. The molecule has 12 heteroatoms. The SMILES string of the molecule is Cc1nc2cc(C3CCC(C(F)(F)F)CC3)nn2c([C@@H]2CCCN(C(=O)[C@H](CO)NC(=O)OC(C)(C)C)C2)c1C. The molecule has 2 N–H and O–H groups in total. The van der Waals surface area contributed by atoms with E-state index >= 15 is 0 Å². The number of halogens is 3. The zero-order chi connectivity index (χ0) is 29.4. The number of nitrogens with zero attached hydrogens (tertiary/aromatic N) is 4. The van der Waals surface area contributed by atoms with E-state index in [1.165, 1.54) is 0 Å². The molecule has 4 rings (SSSR count). The number of piperidine rings is 1. The van der Waals surface area contributed by atoms with Crippen LogP contribution in [0.25, 0.3) is 5.65 Å². The summed E-state index contributed by atoms with van der Waals surface area (Å²) in [6, 6.07) is 0.754. The number of carbonyl (C=O) groups is 2. The highest BCUT2D eigenvalue weighted by molar-refractivity contribution is 5.86. The molecule has 2 amide bonds. The molecule has 0 aromatic carbocycles. The maximum atomic E-state index is 13.3. The molecule has 1 saturated heterocycles. The first kappa shape index (κ1) is 30.1. The molecule has 1 aliphatic heterocycles. The van der Waals surface area contributed by atoms with Crippen molar-refractivity contribution < 1.29 is 32.6 Å². The topological polar surface area (TPSA) is 109 Å². The highest BCUT2D eigenvalue weighted by Crippen LogP contribution is 2.43. The molecule has 1 saturated carbocycles. The predicted octanol–water partition coefficient (Wildman–Crippen LogP) is 4.77. The zero-order valence-corrected chi connectivity index (χ0v) is 23.8. The largest absolute Gasteiger partial charge is 0.444 e. The number of likely N-dealkylation sites (tertiary alicyclic amines) is 1. The third-order valence-corrected chi connectivity index (χ3v) is 8.05. The molecule has 40 heavy (non-hydrogen) atoms. The van der Waals surface area contributed by atoms with E-state index in [4.69, 9.17) is 14.8 Å². The van der Waals surface area contributed by atoms with Crippen molar-refractivity contribution >= 4 is 17.6 Å². The lowest BCUT2D eigenvalue weighted by molar-refractivity contribution is -0.182. The van der Waals surface area contributed by atoms with Gasteiger partial charge in [0.2, 0.25) is 5.91 Å². The summed E-state index contributed by atoms with van der Waals surface area (Å²) in [5.41, 5.74) is 3.37. The van der Waals surface area contributed by atoms with Crippen LogP contribution >= 0.6 is 0 Å². The maximum Gasteiger partial charge on any atom is 0.408 e. The molecule has 2 aromatic heterocycles. The number of rotatable bonds is 5. The molecule has 0 spiro atoms. The van der Waals surface area contributed by atoms with Crippen molar-refractivity contribution in [3.63, 3.8) is 0 Å². The first-order chi connectivity index (χ1) is 18.7. The predicted molar refractivity (Wildman–Crippen MR) is 142 cm³/mol. The second-order valence-corrected chi connectivity index (χ2v) is 12.1. The number of alkyl halides is 3. The number of hydrogen-bond acceptors (Lipinski definition) is 6. The maximum absolute atomic E-state index is 13.3. The van der Waals surface area contributed by atoms with Gasteiger partial charge in [-0.2, -0.15) is 18.3 Å². The van der Waals surface area contributed by atoms with Crippen molar-refractivity contribution in [2.24, 2.45) is 5.92 Å². The first-order valence-electron chi connectivity index (χ1n) is 14.0. The van der Waals surface area contributed by atoms with Gasteiger partial charge in [-0.3, -0.25) is 4.79 Å². The molecule has 2 atom stereocenters. The van der Waals surface area contributed by atoms with Crippen molar-refractivity contribution in [1.82, 2.24) is 24.8 Å². The van der Waals surface area contributed by atoms with Gasteiger partial charge < -0.3 is 20.1 Å². The van der Waals surface area contributed by atoms with Crippen LogP contribution in [-0.2, 0) is 9.53 Å². The number of ether oxygens (including phenoxy) is 1. The summed E-state index contributed by atoms with van der Waals surface area (Å²) in [4.78, 5) is 31.9. The van der Waals surface area contributed by atoms with Gasteiger partial charge in [-0.1, -0.05) is 0 Å². The lowest BCUT2D eigenvalue weighted by Crippen LogP contribution is -2.53. The van der Waals surface area contributed by atoms with Gasteiger partial charge in [0, 0.05) is 36.7 Å². The summed E-state index contributed by atoms with van der Waals surface area (Å²) in [7, 11) is 0. The van der Waals surface area contributed by atoms with Crippen LogP contribution in [0, 0.1) is 19.8 Å². The summed E-state index contributed by atoms with van der Waals surface area (Å²) in [5, 5.41) is 17.2. The molecular formula is C28H40F3N5O4. The molecule has 0 bridgehead atoms. The number of aliphatic hydroxyl groups is 1. The minimum Gasteiger partial charge on any atom is -0.444 e. The van der Waals surface area contributed by atoms with E-state index in [0.29, 0.717) is 31.6 Å². The van der Waals surface area contributed by atoms with Crippen molar-refractivity contribution in [2.45, 2.75) is 103 Å². The lowest BCUT2D eigenvalue weighted by Gasteiger charge is -2.35. The molecule has 2 aliphatic rings. The Morgan fingerprint density at radius 3 is 2.40 bits per heavy atom. The van der Waals surface area contributed by atoms with Crippen molar-refractivity contribution in [3.05, 3.63) is 28.7 Å². The van der Waals surface area contributed by atoms with Crippen LogP contribution in [-0.4, -0.2) is 74.1 Å². The third kappa shape index (κ3) is 6.70. The fourth-order valence-corrected chi connectivity index (χ4v) is 5.90. The second kappa shape index (κ2) is 11.5. The molecule has 3 heterocycles. The van der Waals surface area contributed by atoms with Crippen molar-refractivity contribution in [2.75, 3.05) is 19.7 Å². The van der Waals surface area contributed by atoms with E-state index in [1.54, 1.807) is 30.2 Å². The molecule has 222 valence electrons. The van der Waals surface area contributed by atoms with Crippen molar-refractivity contribution in [3.8, 4) is 0 Å². The number of carbonyl (C=O) groups excluding carboxylic acids is 2. The van der Waals surface area contributed by atoms with Gasteiger partial charge in [-0.05, 0) is 78.7 Å². The first-order valence-corrected chi connectivity index (χ1v) is 14.0.